The lowest BCUT2D eigenvalue weighted by Gasteiger charge is -2.01. The van der Waals surface area contributed by atoms with E-state index in [1.807, 2.05) is 17.7 Å². The Hall–Kier alpha value is -3.01. The highest BCUT2D eigenvalue weighted by atomic mass is 32.1. The van der Waals surface area contributed by atoms with Crippen LogP contribution in [-0.4, -0.2) is 34.3 Å². The molecule has 5 rings (SSSR count). The molecule has 0 aromatic carbocycles. The van der Waals surface area contributed by atoms with Gasteiger partial charge < -0.3 is 0 Å². The monoisotopic (exact) mass is 385 g/mol. The van der Waals surface area contributed by atoms with E-state index in [0.29, 0.717) is 28.4 Å². The van der Waals surface area contributed by atoms with Crippen LogP contribution in [0.1, 0.15) is 29.2 Å². The summed E-state index contributed by atoms with van der Waals surface area (Å²) in [5, 5.41) is 9.50. The summed E-state index contributed by atoms with van der Waals surface area (Å²) < 4.78 is 30.4. The van der Waals surface area contributed by atoms with Crippen molar-refractivity contribution in [1.82, 2.24) is 34.3 Å². The molecule has 0 fully saturated rings. The van der Waals surface area contributed by atoms with E-state index in [-0.39, 0.29) is 5.69 Å². The lowest BCUT2D eigenvalue weighted by molar-refractivity contribution is 0.146. The minimum Gasteiger partial charge on any atom is -0.262 e. The molecule has 5 aromatic rings. The fourth-order valence-electron chi connectivity index (χ4n) is 3.16. The average Bonchev–Trinajstić information content (AvgIpc) is 3.31. The molecule has 0 amide bonds. The maximum atomic E-state index is 13.1. The highest BCUT2D eigenvalue weighted by molar-refractivity contribution is 7.26. The number of rotatable bonds is 3. The van der Waals surface area contributed by atoms with Gasteiger partial charge in [-0.25, -0.2) is 28.2 Å². The van der Waals surface area contributed by atoms with E-state index >= 15 is 0 Å². The van der Waals surface area contributed by atoms with Crippen molar-refractivity contribution in [3.8, 4) is 0 Å². The molecule has 0 bridgehead atoms. The summed E-state index contributed by atoms with van der Waals surface area (Å²) in [7, 11) is 0. The number of hydrogen-bond donors (Lipinski definition) is 0. The van der Waals surface area contributed by atoms with Gasteiger partial charge in [-0.15, -0.1) is 16.4 Å². The first-order valence-electron chi connectivity index (χ1n) is 8.22. The van der Waals surface area contributed by atoms with E-state index in [2.05, 4.69) is 25.1 Å². The lowest BCUT2D eigenvalue weighted by Crippen LogP contribution is -2.05. The largest absolute Gasteiger partial charge is 0.280 e. The zero-order chi connectivity index (χ0) is 18.7. The Morgan fingerprint density at radius 3 is 2.81 bits per heavy atom. The molecule has 0 radical (unpaired) electrons. The summed E-state index contributed by atoms with van der Waals surface area (Å²) >= 11 is 1.31. The van der Waals surface area contributed by atoms with Crippen molar-refractivity contribution in [2.75, 3.05) is 0 Å². The highest BCUT2D eigenvalue weighted by Gasteiger charge is 2.19. The van der Waals surface area contributed by atoms with Gasteiger partial charge in [0.2, 0.25) is 0 Å². The van der Waals surface area contributed by atoms with Crippen LogP contribution in [0, 0.1) is 13.8 Å². The minimum atomic E-state index is -2.61. The van der Waals surface area contributed by atoms with Crippen LogP contribution in [0.15, 0.2) is 24.7 Å². The smallest absolute Gasteiger partial charge is 0.262 e. The first-order valence-corrected chi connectivity index (χ1v) is 9.03. The molecular weight excluding hydrogens is 372 g/mol. The minimum absolute atomic E-state index is 0.223. The van der Waals surface area contributed by atoms with E-state index in [1.54, 1.807) is 24.0 Å². The van der Waals surface area contributed by atoms with Gasteiger partial charge in [0.05, 0.1) is 5.52 Å². The Labute approximate surface area is 155 Å². The zero-order valence-corrected chi connectivity index (χ0v) is 15.2. The van der Waals surface area contributed by atoms with Crippen molar-refractivity contribution in [3.63, 3.8) is 0 Å². The third-order valence-electron chi connectivity index (χ3n) is 4.47. The third-order valence-corrected chi connectivity index (χ3v) is 5.54. The Morgan fingerprint density at radius 2 is 2.07 bits per heavy atom. The molecule has 0 saturated heterocycles. The number of alkyl halides is 2. The number of nitrogens with zero attached hydrogens (tertiary/aromatic N) is 7. The maximum Gasteiger partial charge on any atom is 0.280 e. The van der Waals surface area contributed by atoms with Crippen LogP contribution in [0.5, 0.6) is 0 Å². The number of fused-ring (bicyclic) bond motifs is 5. The van der Waals surface area contributed by atoms with Gasteiger partial charge in [0.25, 0.3) is 6.43 Å². The van der Waals surface area contributed by atoms with E-state index in [0.717, 1.165) is 21.3 Å². The standard InChI is InChI=1S/C17H13F2N7S/c1-8-5-10(15(18)19)22-17-12(8)13-14(27-17)16-23-11(24-26(16)7-20-13)6-25-9(2)3-4-21-25/h3-5,7,15H,6H2,1-2H3. The van der Waals surface area contributed by atoms with Gasteiger partial charge in [-0.2, -0.15) is 5.10 Å². The molecule has 10 heteroatoms. The summed E-state index contributed by atoms with van der Waals surface area (Å²) in [6.07, 6.45) is 0.714. The predicted molar refractivity (Wildman–Crippen MR) is 97.2 cm³/mol. The fraction of sp³-hybridized carbons (Fsp3) is 0.235. The lowest BCUT2D eigenvalue weighted by atomic mass is 10.1. The summed E-state index contributed by atoms with van der Waals surface area (Å²) in [5.41, 5.74) is 2.87. The topological polar surface area (TPSA) is 73.8 Å². The molecule has 0 aliphatic heterocycles. The van der Waals surface area contributed by atoms with Gasteiger partial charge in [0.15, 0.2) is 11.5 Å². The Kier molecular flexibility index (Phi) is 3.44. The molecule has 5 aromatic heterocycles. The normalized spacial score (nSPS) is 12.2. The van der Waals surface area contributed by atoms with Crippen molar-refractivity contribution in [2.24, 2.45) is 0 Å². The fourth-order valence-corrected chi connectivity index (χ4v) is 4.34. The Morgan fingerprint density at radius 1 is 1.22 bits per heavy atom. The van der Waals surface area contributed by atoms with Crippen molar-refractivity contribution in [3.05, 3.63) is 47.4 Å². The van der Waals surface area contributed by atoms with Crippen molar-refractivity contribution < 1.29 is 8.78 Å². The summed E-state index contributed by atoms with van der Waals surface area (Å²) in [6, 6.07) is 3.33. The highest BCUT2D eigenvalue weighted by Crippen LogP contribution is 2.36. The second-order valence-electron chi connectivity index (χ2n) is 6.30. The molecule has 0 saturated carbocycles. The van der Waals surface area contributed by atoms with Crippen LogP contribution in [-0.2, 0) is 6.54 Å². The van der Waals surface area contributed by atoms with Crippen molar-refractivity contribution in [2.45, 2.75) is 26.8 Å². The van der Waals surface area contributed by atoms with E-state index in [9.17, 15) is 8.78 Å². The van der Waals surface area contributed by atoms with Crippen LogP contribution in [0.2, 0.25) is 0 Å². The first kappa shape index (κ1) is 16.2. The molecule has 0 aliphatic rings. The number of thiophene rings is 1. The maximum absolute atomic E-state index is 13.1. The SMILES string of the molecule is Cc1cc(C(F)F)nc2sc3c(ncn4nc(Cn5nccc5C)nc34)c12. The van der Waals surface area contributed by atoms with Crippen LogP contribution in [0.3, 0.4) is 0 Å². The molecule has 0 unspecified atom stereocenters. The van der Waals surface area contributed by atoms with Gasteiger partial charge in [0.1, 0.15) is 28.1 Å². The number of halogens is 2. The number of aromatic nitrogens is 7. The Balaban J connectivity index is 1.72. The van der Waals surface area contributed by atoms with Crippen LogP contribution in [0.4, 0.5) is 8.78 Å². The molecule has 27 heavy (non-hydrogen) atoms. The summed E-state index contributed by atoms with van der Waals surface area (Å²) in [5.74, 6) is 0.603. The second kappa shape index (κ2) is 5.74. The quantitative estimate of drug-likeness (QED) is 0.474. The van der Waals surface area contributed by atoms with Gasteiger partial charge in [-0.05, 0) is 31.5 Å². The molecule has 5 heterocycles. The van der Waals surface area contributed by atoms with Crippen LogP contribution < -0.4 is 0 Å². The molecule has 7 nitrogen and oxygen atoms in total. The number of aryl methyl sites for hydroxylation is 2. The summed E-state index contributed by atoms with van der Waals surface area (Å²) in [6.45, 7) is 4.20. The van der Waals surface area contributed by atoms with Crippen molar-refractivity contribution in [1.29, 1.82) is 0 Å². The average molecular weight is 385 g/mol. The Bertz CT molecular complexity index is 1320. The predicted octanol–water partition coefficient (Wildman–Crippen LogP) is 3.69. The third kappa shape index (κ3) is 2.47. The molecule has 0 atom stereocenters. The number of hydrogen-bond acceptors (Lipinski definition) is 6. The molecule has 136 valence electrons. The van der Waals surface area contributed by atoms with Gasteiger partial charge >= 0.3 is 0 Å². The molecule has 0 spiro atoms. The second-order valence-corrected chi connectivity index (χ2v) is 7.29. The zero-order valence-electron chi connectivity index (χ0n) is 14.4. The molecule has 0 N–H and O–H groups in total. The summed E-state index contributed by atoms with van der Waals surface area (Å²) in [4.78, 5) is 13.8. The van der Waals surface area contributed by atoms with Crippen LogP contribution in [0.25, 0.3) is 26.1 Å². The van der Waals surface area contributed by atoms with Gasteiger partial charge in [0, 0.05) is 17.3 Å². The molecule has 0 aliphatic carbocycles. The van der Waals surface area contributed by atoms with Crippen LogP contribution >= 0.6 is 11.3 Å². The number of pyridine rings is 1. The van der Waals surface area contributed by atoms with E-state index in [4.69, 9.17) is 0 Å². The van der Waals surface area contributed by atoms with Gasteiger partial charge in [-0.3, -0.25) is 4.68 Å². The molecular formula is C17H13F2N7S. The van der Waals surface area contributed by atoms with Gasteiger partial charge in [-0.1, -0.05) is 0 Å². The van der Waals surface area contributed by atoms with E-state index < -0.39 is 6.43 Å². The first-order chi connectivity index (χ1) is 13.0. The van der Waals surface area contributed by atoms with E-state index in [1.165, 1.54) is 17.4 Å². The van der Waals surface area contributed by atoms with Crippen molar-refractivity contribution >= 4 is 37.4 Å².